The summed E-state index contributed by atoms with van der Waals surface area (Å²) in [6, 6.07) is 11.6. The molecule has 0 aliphatic carbocycles. The van der Waals surface area contributed by atoms with Gasteiger partial charge in [-0.2, -0.15) is 0 Å². The number of thioether (sulfide) groups is 1. The van der Waals surface area contributed by atoms with E-state index in [1.165, 1.54) is 36.3 Å². The van der Waals surface area contributed by atoms with E-state index < -0.39 is 0 Å². The molecule has 0 saturated heterocycles. The van der Waals surface area contributed by atoms with Crippen molar-refractivity contribution in [3.63, 3.8) is 0 Å². The SMILES string of the molecule is O=C(CSc1ncnc2ccccc12)c1ccc(O)c(O)c1. The molecule has 2 N–H and O–H groups in total. The minimum absolute atomic E-state index is 0.150. The fourth-order valence-corrected chi connectivity index (χ4v) is 2.89. The first-order chi connectivity index (χ1) is 10.6. The van der Waals surface area contributed by atoms with E-state index in [4.69, 9.17) is 0 Å². The van der Waals surface area contributed by atoms with Crippen molar-refractivity contribution in [1.29, 1.82) is 0 Å². The number of fused-ring (bicyclic) bond motifs is 1. The number of rotatable bonds is 4. The van der Waals surface area contributed by atoms with Gasteiger partial charge >= 0.3 is 0 Å². The Morgan fingerprint density at radius 1 is 1.05 bits per heavy atom. The van der Waals surface area contributed by atoms with Gasteiger partial charge in [-0.25, -0.2) is 9.97 Å². The highest BCUT2D eigenvalue weighted by Gasteiger charge is 2.11. The van der Waals surface area contributed by atoms with Crippen LogP contribution in [0.3, 0.4) is 0 Å². The zero-order valence-electron chi connectivity index (χ0n) is 11.4. The van der Waals surface area contributed by atoms with Crippen molar-refractivity contribution in [2.24, 2.45) is 0 Å². The standard InChI is InChI=1S/C16H12N2O3S/c19-13-6-5-10(7-14(13)20)15(21)8-22-16-11-3-1-2-4-12(11)17-9-18-16/h1-7,9,19-20H,8H2. The molecule has 0 amide bonds. The molecular weight excluding hydrogens is 300 g/mol. The molecule has 22 heavy (non-hydrogen) atoms. The minimum Gasteiger partial charge on any atom is -0.504 e. The van der Waals surface area contributed by atoms with Crippen LogP contribution >= 0.6 is 11.8 Å². The Hall–Kier alpha value is -2.60. The summed E-state index contributed by atoms with van der Waals surface area (Å²) in [6.07, 6.45) is 1.47. The molecule has 0 aliphatic rings. The Balaban J connectivity index is 1.79. The number of hydrogen-bond acceptors (Lipinski definition) is 6. The van der Waals surface area contributed by atoms with E-state index in [0.717, 1.165) is 15.9 Å². The molecule has 1 aromatic heterocycles. The van der Waals surface area contributed by atoms with E-state index in [1.54, 1.807) is 0 Å². The predicted molar refractivity (Wildman–Crippen MR) is 84.4 cm³/mol. The number of ketones is 1. The molecule has 3 rings (SSSR count). The maximum Gasteiger partial charge on any atom is 0.173 e. The van der Waals surface area contributed by atoms with Crippen LogP contribution in [0.5, 0.6) is 11.5 Å². The van der Waals surface area contributed by atoms with Gasteiger partial charge in [0.1, 0.15) is 11.4 Å². The molecule has 1 heterocycles. The predicted octanol–water partition coefficient (Wildman–Crippen LogP) is 3.02. The third-order valence-corrected chi connectivity index (χ3v) is 4.15. The zero-order valence-corrected chi connectivity index (χ0v) is 12.2. The van der Waals surface area contributed by atoms with Crippen LogP contribution in [-0.4, -0.2) is 31.7 Å². The van der Waals surface area contributed by atoms with Crippen LogP contribution in [-0.2, 0) is 0 Å². The van der Waals surface area contributed by atoms with Gasteiger partial charge in [-0.05, 0) is 24.3 Å². The third kappa shape index (κ3) is 2.87. The van der Waals surface area contributed by atoms with E-state index in [2.05, 4.69) is 9.97 Å². The minimum atomic E-state index is -0.302. The molecule has 0 aliphatic heterocycles. The van der Waals surface area contributed by atoms with Crippen molar-refractivity contribution in [3.05, 3.63) is 54.4 Å². The van der Waals surface area contributed by atoms with Crippen molar-refractivity contribution < 1.29 is 15.0 Å². The lowest BCUT2D eigenvalue weighted by Crippen LogP contribution is -2.02. The first kappa shape index (κ1) is 14.3. The van der Waals surface area contributed by atoms with Crippen LogP contribution in [0, 0.1) is 0 Å². The normalized spacial score (nSPS) is 10.7. The van der Waals surface area contributed by atoms with Crippen molar-refractivity contribution in [3.8, 4) is 11.5 Å². The van der Waals surface area contributed by atoms with E-state index in [-0.39, 0.29) is 23.0 Å². The topological polar surface area (TPSA) is 83.3 Å². The van der Waals surface area contributed by atoms with Crippen molar-refractivity contribution in [2.75, 3.05) is 5.75 Å². The molecule has 0 radical (unpaired) electrons. The fourth-order valence-electron chi connectivity index (χ4n) is 2.01. The largest absolute Gasteiger partial charge is 0.504 e. The molecular formula is C16H12N2O3S. The number of hydrogen-bond donors (Lipinski definition) is 2. The maximum absolute atomic E-state index is 12.2. The number of nitrogens with zero attached hydrogens (tertiary/aromatic N) is 2. The molecule has 2 aromatic carbocycles. The molecule has 0 unspecified atom stereocenters. The number of aromatic hydroxyl groups is 2. The van der Waals surface area contributed by atoms with E-state index in [0.29, 0.717) is 5.56 Å². The van der Waals surface area contributed by atoms with Gasteiger partial charge < -0.3 is 10.2 Å². The third-order valence-electron chi connectivity index (χ3n) is 3.14. The lowest BCUT2D eigenvalue weighted by molar-refractivity contribution is 0.102. The fraction of sp³-hybridized carbons (Fsp3) is 0.0625. The Labute approximate surface area is 130 Å². The van der Waals surface area contributed by atoms with Crippen LogP contribution < -0.4 is 0 Å². The Morgan fingerprint density at radius 3 is 2.68 bits per heavy atom. The second-order valence-corrected chi connectivity index (χ2v) is 5.58. The first-order valence-electron chi connectivity index (χ1n) is 6.53. The van der Waals surface area contributed by atoms with Gasteiger partial charge in [-0.3, -0.25) is 4.79 Å². The van der Waals surface area contributed by atoms with Gasteiger partial charge in [-0.15, -0.1) is 0 Å². The van der Waals surface area contributed by atoms with Crippen molar-refractivity contribution in [1.82, 2.24) is 9.97 Å². The number of carbonyl (C=O) groups is 1. The summed E-state index contributed by atoms with van der Waals surface area (Å²) in [6.45, 7) is 0. The van der Waals surface area contributed by atoms with Crippen LogP contribution in [0.4, 0.5) is 0 Å². The average molecular weight is 312 g/mol. The van der Waals surface area contributed by atoms with E-state index in [9.17, 15) is 15.0 Å². The second-order valence-electron chi connectivity index (χ2n) is 4.61. The lowest BCUT2D eigenvalue weighted by atomic mass is 10.1. The number of phenols is 2. The molecule has 6 heteroatoms. The smallest absolute Gasteiger partial charge is 0.173 e. The monoisotopic (exact) mass is 312 g/mol. The molecule has 0 bridgehead atoms. The van der Waals surface area contributed by atoms with E-state index >= 15 is 0 Å². The summed E-state index contributed by atoms with van der Waals surface area (Å²) in [4.78, 5) is 20.6. The zero-order chi connectivity index (χ0) is 15.5. The Kier molecular flexibility index (Phi) is 3.93. The highest BCUT2D eigenvalue weighted by molar-refractivity contribution is 8.00. The lowest BCUT2D eigenvalue weighted by Gasteiger charge is -2.05. The van der Waals surface area contributed by atoms with Gasteiger partial charge in [-0.1, -0.05) is 30.0 Å². The molecule has 110 valence electrons. The molecule has 3 aromatic rings. The van der Waals surface area contributed by atoms with Gasteiger partial charge in [0.25, 0.3) is 0 Å². The van der Waals surface area contributed by atoms with Crippen LogP contribution in [0.25, 0.3) is 10.9 Å². The van der Waals surface area contributed by atoms with Crippen molar-refractivity contribution >= 4 is 28.4 Å². The average Bonchev–Trinajstić information content (AvgIpc) is 2.55. The van der Waals surface area contributed by atoms with Gasteiger partial charge in [0.2, 0.25) is 0 Å². The second kappa shape index (κ2) is 6.03. The molecule has 0 fully saturated rings. The highest BCUT2D eigenvalue weighted by Crippen LogP contribution is 2.27. The first-order valence-corrected chi connectivity index (χ1v) is 7.51. The quantitative estimate of drug-likeness (QED) is 0.333. The van der Waals surface area contributed by atoms with Gasteiger partial charge in [0.15, 0.2) is 17.3 Å². The van der Waals surface area contributed by atoms with Gasteiger partial charge in [0.05, 0.1) is 11.3 Å². The summed E-state index contributed by atoms with van der Waals surface area (Å²) in [5.74, 6) is -0.511. The number of aromatic nitrogens is 2. The molecule has 0 atom stereocenters. The van der Waals surface area contributed by atoms with Crippen molar-refractivity contribution in [2.45, 2.75) is 5.03 Å². The number of Topliss-reactive ketones (excluding diaryl/α,β-unsaturated/α-hetero) is 1. The Morgan fingerprint density at radius 2 is 1.86 bits per heavy atom. The van der Waals surface area contributed by atoms with Crippen LogP contribution in [0.15, 0.2) is 53.8 Å². The molecule has 5 nitrogen and oxygen atoms in total. The number of phenolic OH excluding ortho intramolecular Hbond substituents is 2. The van der Waals surface area contributed by atoms with E-state index in [1.807, 2.05) is 24.3 Å². The summed E-state index contributed by atoms with van der Waals surface area (Å²) in [7, 11) is 0. The van der Waals surface area contributed by atoms with Crippen LogP contribution in [0.1, 0.15) is 10.4 Å². The van der Waals surface area contributed by atoms with Crippen LogP contribution in [0.2, 0.25) is 0 Å². The molecule has 0 saturated carbocycles. The summed E-state index contributed by atoms with van der Waals surface area (Å²) in [5.41, 5.74) is 1.18. The number of para-hydroxylation sites is 1. The summed E-state index contributed by atoms with van der Waals surface area (Å²) < 4.78 is 0. The number of carbonyl (C=O) groups excluding carboxylic acids is 1. The number of benzene rings is 2. The maximum atomic E-state index is 12.2. The summed E-state index contributed by atoms with van der Waals surface area (Å²) >= 11 is 1.32. The Bertz CT molecular complexity index is 846. The highest BCUT2D eigenvalue weighted by atomic mass is 32.2. The van der Waals surface area contributed by atoms with Gasteiger partial charge in [0, 0.05) is 10.9 Å². The molecule has 0 spiro atoms. The summed E-state index contributed by atoms with van der Waals surface area (Å²) in [5, 5.41) is 20.4.